The molecular weight excluding hydrogens is 230 g/mol. The van der Waals surface area contributed by atoms with Crippen molar-refractivity contribution in [2.24, 2.45) is 0 Å². The highest BCUT2D eigenvalue weighted by atomic mass is 35.7. The average molecular weight is 246 g/mol. The highest BCUT2D eigenvalue weighted by Crippen LogP contribution is 1.96. The van der Waals surface area contributed by atoms with Gasteiger partial charge in [0.15, 0.2) is 0 Å². The zero-order valence-corrected chi connectivity index (χ0v) is 9.69. The Morgan fingerprint density at radius 1 is 1.20 bits per heavy atom. The summed E-state index contributed by atoms with van der Waals surface area (Å²) in [5, 5.41) is 8.30. The molecule has 0 saturated carbocycles. The van der Waals surface area contributed by atoms with Crippen molar-refractivity contribution in [2.45, 2.75) is 12.8 Å². The van der Waals surface area contributed by atoms with Crippen molar-refractivity contribution in [1.82, 2.24) is 0 Å². The third-order valence-corrected chi connectivity index (χ3v) is 1.22. The van der Waals surface area contributed by atoms with E-state index in [1.165, 1.54) is 0 Å². The van der Waals surface area contributed by atoms with Crippen LogP contribution in [0.2, 0.25) is 0 Å². The van der Waals surface area contributed by atoms with Crippen LogP contribution in [0, 0.1) is 10.2 Å². The van der Waals surface area contributed by atoms with Crippen LogP contribution in [0.3, 0.4) is 0 Å². The molecule has 1 N–H and O–H groups in total. The maximum atomic E-state index is 10.1. The van der Waals surface area contributed by atoms with Gasteiger partial charge in [-0.25, -0.2) is 18.6 Å². The molecule has 7 nitrogen and oxygen atoms in total. The van der Waals surface area contributed by atoms with E-state index in [-0.39, 0.29) is 6.42 Å². The molecule has 0 unspecified atom stereocenters. The molecular formula is C7H16ClNO6. The molecule has 0 saturated heterocycles. The predicted molar refractivity (Wildman–Crippen MR) is 39.8 cm³/mol. The number of carboxylic acids is 1. The molecule has 0 aliphatic heterocycles. The van der Waals surface area contributed by atoms with E-state index in [0.29, 0.717) is 0 Å². The summed E-state index contributed by atoms with van der Waals surface area (Å²) in [6.45, 7) is 0.923. The molecule has 0 aromatic carbocycles. The number of carboxylic acid groups (broad SMARTS) is 1. The quantitative estimate of drug-likeness (QED) is 0.500. The smallest absolute Gasteiger partial charge is 0.303 e. The van der Waals surface area contributed by atoms with Gasteiger partial charge in [0.05, 0.1) is 34.1 Å². The van der Waals surface area contributed by atoms with Crippen LogP contribution < -0.4 is 18.6 Å². The molecule has 0 amide bonds. The maximum absolute atomic E-state index is 10.1. The second kappa shape index (κ2) is 6.94. The fraction of sp³-hybridized carbons (Fsp3) is 0.857. The van der Waals surface area contributed by atoms with Crippen LogP contribution >= 0.6 is 0 Å². The fourth-order valence-corrected chi connectivity index (χ4v) is 0.705. The van der Waals surface area contributed by atoms with Crippen molar-refractivity contribution in [1.29, 1.82) is 0 Å². The minimum absolute atomic E-state index is 0.287. The van der Waals surface area contributed by atoms with Crippen molar-refractivity contribution < 1.29 is 43.3 Å². The van der Waals surface area contributed by atoms with Gasteiger partial charge in [-0.1, -0.05) is 0 Å². The first kappa shape index (κ1) is 17.0. The molecule has 0 heterocycles. The van der Waals surface area contributed by atoms with E-state index in [9.17, 15) is 4.79 Å². The molecule has 15 heavy (non-hydrogen) atoms. The summed E-state index contributed by atoms with van der Waals surface area (Å²) >= 11 is 0. The van der Waals surface area contributed by atoms with Gasteiger partial charge in [-0.05, 0) is 0 Å². The van der Waals surface area contributed by atoms with E-state index in [4.69, 9.17) is 23.7 Å². The zero-order chi connectivity index (χ0) is 12.7. The SMILES string of the molecule is C[N+](C)(C)CCCC(=O)O.[O-][Cl+3]([O-])([O-])[O-]. The Bertz CT molecular complexity index is 179. The van der Waals surface area contributed by atoms with Crippen LogP contribution in [-0.2, 0) is 4.79 Å². The lowest BCUT2D eigenvalue weighted by atomic mass is 10.3. The van der Waals surface area contributed by atoms with Crippen LogP contribution in [0.4, 0.5) is 0 Å². The zero-order valence-electron chi connectivity index (χ0n) is 8.93. The Morgan fingerprint density at radius 3 is 1.73 bits per heavy atom. The largest absolute Gasteiger partial charge is 0.481 e. The molecule has 0 aliphatic rings. The van der Waals surface area contributed by atoms with Gasteiger partial charge >= 0.3 is 5.97 Å². The molecule has 0 spiro atoms. The predicted octanol–water partition coefficient (Wildman–Crippen LogP) is -4.20. The van der Waals surface area contributed by atoms with Crippen LogP contribution in [0.25, 0.3) is 0 Å². The Morgan fingerprint density at radius 2 is 1.53 bits per heavy atom. The van der Waals surface area contributed by atoms with Crippen molar-refractivity contribution >= 4 is 5.97 Å². The normalized spacial score (nSPS) is 11.7. The second-order valence-corrected chi connectivity index (χ2v) is 4.65. The summed E-state index contributed by atoms with van der Waals surface area (Å²) in [5.74, 6) is -0.701. The number of carbonyl (C=O) groups is 1. The van der Waals surface area contributed by atoms with Gasteiger partial charge in [-0.2, -0.15) is 0 Å². The monoisotopic (exact) mass is 245 g/mol. The average Bonchev–Trinajstić information content (AvgIpc) is 1.77. The second-order valence-electron chi connectivity index (χ2n) is 3.89. The van der Waals surface area contributed by atoms with E-state index in [2.05, 4.69) is 21.1 Å². The summed E-state index contributed by atoms with van der Waals surface area (Å²) < 4.78 is 34.8. The highest BCUT2D eigenvalue weighted by molar-refractivity contribution is 5.66. The Balaban J connectivity index is 0. The summed E-state index contributed by atoms with van der Waals surface area (Å²) in [6, 6.07) is 0. The van der Waals surface area contributed by atoms with Gasteiger partial charge in [-0.3, -0.25) is 4.79 Å². The van der Waals surface area contributed by atoms with Crippen molar-refractivity contribution in [2.75, 3.05) is 27.7 Å². The minimum atomic E-state index is -4.94. The van der Waals surface area contributed by atoms with Gasteiger partial charge in [0.1, 0.15) is 0 Å². The summed E-state index contributed by atoms with van der Waals surface area (Å²) in [5.41, 5.74) is 0. The fourth-order valence-electron chi connectivity index (χ4n) is 0.705. The summed E-state index contributed by atoms with van der Waals surface area (Å²) in [6.07, 6.45) is 1.05. The standard InChI is InChI=1S/C7H15NO2.ClHO4/c1-8(2,3)6-4-5-7(9)10;2-1(3,4)5/h4-6H2,1-3H3;(H,2,3,4,5). The number of hydrogen-bond acceptors (Lipinski definition) is 5. The lowest BCUT2D eigenvalue weighted by molar-refractivity contribution is -2.00. The molecule has 0 atom stereocenters. The van der Waals surface area contributed by atoms with E-state index in [1.54, 1.807) is 0 Å². The van der Waals surface area contributed by atoms with Gasteiger partial charge < -0.3 is 9.59 Å². The Labute approximate surface area is 90.5 Å². The minimum Gasteiger partial charge on any atom is -0.481 e. The third-order valence-electron chi connectivity index (χ3n) is 1.22. The van der Waals surface area contributed by atoms with Gasteiger partial charge in [0, 0.05) is 6.42 Å². The molecule has 0 rings (SSSR count). The highest BCUT2D eigenvalue weighted by Gasteiger charge is 2.07. The molecule has 0 aromatic rings. The van der Waals surface area contributed by atoms with Crippen LogP contribution in [0.5, 0.6) is 0 Å². The first-order valence-corrected chi connectivity index (χ1v) is 5.29. The lowest BCUT2D eigenvalue weighted by Gasteiger charge is -2.23. The first-order chi connectivity index (χ1) is 6.42. The number of aliphatic carboxylic acids is 1. The molecule has 0 bridgehead atoms. The number of quaternary nitrogens is 1. The van der Waals surface area contributed by atoms with Crippen LogP contribution in [0.15, 0.2) is 0 Å². The number of halogens is 1. The molecule has 0 aliphatic carbocycles. The topological polar surface area (TPSA) is 130 Å². The van der Waals surface area contributed by atoms with E-state index < -0.39 is 16.2 Å². The maximum Gasteiger partial charge on any atom is 0.303 e. The Kier molecular flexibility index (Phi) is 7.85. The lowest BCUT2D eigenvalue weighted by Crippen LogP contribution is -2.68. The third kappa shape index (κ3) is 42.1. The molecule has 0 aromatic heterocycles. The molecule has 8 heteroatoms. The summed E-state index contributed by atoms with van der Waals surface area (Å²) in [4.78, 5) is 10.1. The van der Waals surface area contributed by atoms with Gasteiger partial charge in [-0.15, -0.1) is 10.2 Å². The number of hydrogen-bond donors (Lipinski definition) is 1. The molecule has 92 valence electrons. The molecule has 0 fully saturated rings. The van der Waals surface area contributed by atoms with Crippen LogP contribution in [0.1, 0.15) is 12.8 Å². The van der Waals surface area contributed by atoms with E-state index in [1.807, 2.05) is 0 Å². The molecule has 0 radical (unpaired) electrons. The Hall–Kier alpha value is -0.440. The number of rotatable bonds is 4. The van der Waals surface area contributed by atoms with Gasteiger partial charge in [0.2, 0.25) is 0 Å². The van der Waals surface area contributed by atoms with E-state index in [0.717, 1.165) is 17.4 Å². The van der Waals surface area contributed by atoms with Crippen molar-refractivity contribution in [3.8, 4) is 0 Å². The summed E-state index contributed by atoms with van der Waals surface area (Å²) in [7, 11) is 1.23. The van der Waals surface area contributed by atoms with Crippen LogP contribution in [-0.4, -0.2) is 43.2 Å². The first-order valence-electron chi connectivity index (χ1n) is 4.06. The van der Waals surface area contributed by atoms with Gasteiger partial charge in [0.25, 0.3) is 0 Å². The number of nitrogens with zero attached hydrogens (tertiary/aromatic N) is 1. The van der Waals surface area contributed by atoms with Crippen molar-refractivity contribution in [3.63, 3.8) is 0 Å². The van der Waals surface area contributed by atoms with E-state index >= 15 is 0 Å². The van der Waals surface area contributed by atoms with Crippen molar-refractivity contribution in [3.05, 3.63) is 0 Å².